The Morgan fingerprint density at radius 2 is 1.92 bits per heavy atom. The lowest BCUT2D eigenvalue weighted by Crippen LogP contribution is -2.61. The highest BCUT2D eigenvalue weighted by Crippen LogP contribution is 2.44. The van der Waals surface area contributed by atoms with Crippen molar-refractivity contribution in [2.24, 2.45) is 5.41 Å². The molecule has 2 aliphatic rings. The molecule has 1 unspecified atom stereocenters. The van der Waals surface area contributed by atoms with Crippen LogP contribution in [-0.4, -0.2) is 73.3 Å². The third-order valence-electron chi connectivity index (χ3n) is 5.66. The van der Waals surface area contributed by atoms with Crippen LogP contribution in [0.5, 0.6) is 0 Å². The maximum absolute atomic E-state index is 12.8. The molecule has 0 aliphatic carbocycles. The average Bonchev–Trinajstić information content (AvgIpc) is 3.09. The number of furan rings is 1. The summed E-state index contributed by atoms with van der Waals surface area (Å²) in [6.07, 6.45) is 5.44. The van der Waals surface area contributed by atoms with E-state index in [0.717, 1.165) is 32.2 Å². The van der Waals surface area contributed by atoms with Crippen LogP contribution in [0.15, 0.2) is 22.8 Å². The molecule has 6 heteroatoms. The van der Waals surface area contributed by atoms with Crippen molar-refractivity contribution < 1.29 is 14.0 Å². The molecule has 24 heavy (non-hydrogen) atoms. The summed E-state index contributed by atoms with van der Waals surface area (Å²) in [6.45, 7) is 2.33. The van der Waals surface area contributed by atoms with Crippen molar-refractivity contribution in [2.75, 3.05) is 40.8 Å². The molecular formula is C18H27N3O3. The van der Waals surface area contributed by atoms with Crippen molar-refractivity contribution >= 4 is 11.8 Å². The Morgan fingerprint density at radius 1 is 1.21 bits per heavy atom. The van der Waals surface area contributed by atoms with E-state index in [0.29, 0.717) is 18.8 Å². The fourth-order valence-corrected chi connectivity index (χ4v) is 4.34. The summed E-state index contributed by atoms with van der Waals surface area (Å²) in [6, 6.07) is 3.36. The van der Waals surface area contributed by atoms with Gasteiger partial charge in [-0.15, -0.1) is 0 Å². The zero-order chi connectivity index (χ0) is 17.3. The van der Waals surface area contributed by atoms with Gasteiger partial charge in [0.15, 0.2) is 5.76 Å². The van der Waals surface area contributed by atoms with Gasteiger partial charge in [-0.3, -0.25) is 14.5 Å². The Kier molecular flexibility index (Phi) is 4.67. The van der Waals surface area contributed by atoms with E-state index in [2.05, 4.69) is 4.90 Å². The molecule has 1 aromatic heterocycles. The largest absolute Gasteiger partial charge is 0.459 e. The summed E-state index contributed by atoms with van der Waals surface area (Å²) in [7, 11) is 5.70. The molecule has 2 saturated heterocycles. The van der Waals surface area contributed by atoms with Crippen molar-refractivity contribution in [3.05, 3.63) is 24.2 Å². The van der Waals surface area contributed by atoms with Gasteiger partial charge in [0, 0.05) is 27.2 Å². The molecular weight excluding hydrogens is 306 g/mol. The monoisotopic (exact) mass is 333 g/mol. The average molecular weight is 333 g/mol. The van der Waals surface area contributed by atoms with E-state index < -0.39 is 0 Å². The van der Waals surface area contributed by atoms with Crippen molar-refractivity contribution in [1.29, 1.82) is 0 Å². The molecule has 0 bridgehead atoms. The molecule has 0 aromatic carbocycles. The lowest BCUT2D eigenvalue weighted by molar-refractivity contribution is -0.144. The normalized spacial score (nSPS) is 24.1. The molecule has 1 atom stereocenters. The number of carbonyl (C=O) groups is 2. The third kappa shape index (κ3) is 2.95. The van der Waals surface area contributed by atoms with Crippen molar-refractivity contribution in [3.63, 3.8) is 0 Å². The van der Waals surface area contributed by atoms with E-state index in [1.165, 1.54) is 6.26 Å². The molecule has 132 valence electrons. The summed E-state index contributed by atoms with van der Waals surface area (Å²) in [4.78, 5) is 31.0. The molecule has 0 N–H and O–H groups in total. The van der Waals surface area contributed by atoms with E-state index in [9.17, 15) is 9.59 Å². The summed E-state index contributed by atoms with van der Waals surface area (Å²) in [5.41, 5.74) is -0.0195. The lowest BCUT2D eigenvalue weighted by atomic mass is 9.66. The molecule has 3 rings (SSSR count). The van der Waals surface area contributed by atoms with Crippen LogP contribution in [0.25, 0.3) is 0 Å². The molecule has 0 radical (unpaired) electrons. The Labute approximate surface area is 143 Å². The number of piperidine rings is 2. The Morgan fingerprint density at radius 3 is 2.50 bits per heavy atom. The minimum atomic E-state index is -0.0814. The number of likely N-dealkylation sites (tertiary alicyclic amines) is 2. The molecule has 0 saturated carbocycles. The zero-order valence-corrected chi connectivity index (χ0v) is 14.8. The van der Waals surface area contributed by atoms with Crippen LogP contribution in [0.1, 0.15) is 36.2 Å². The SMILES string of the molecule is CN(C)C(=O)C1N(C)CCCC12CCN(C(=O)c1ccco1)CC2. The van der Waals surface area contributed by atoms with Gasteiger partial charge in [-0.1, -0.05) is 0 Å². The van der Waals surface area contributed by atoms with E-state index >= 15 is 0 Å². The molecule has 1 aromatic rings. The number of hydrogen-bond donors (Lipinski definition) is 0. The van der Waals surface area contributed by atoms with Crippen molar-refractivity contribution in [3.8, 4) is 0 Å². The standard InChI is InChI=1S/C18H27N3O3/c1-19(2)17(23)15-18(7-5-10-20(15)3)8-11-21(12-9-18)16(22)14-6-4-13-24-14/h4,6,13,15H,5,7-12H2,1-3H3. The van der Waals surface area contributed by atoms with Crippen LogP contribution in [0.3, 0.4) is 0 Å². The number of hydrogen-bond acceptors (Lipinski definition) is 4. The quantitative estimate of drug-likeness (QED) is 0.826. The number of amides is 2. The fraction of sp³-hybridized carbons (Fsp3) is 0.667. The summed E-state index contributed by atoms with van der Waals surface area (Å²) in [5.74, 6) is 0.533. The first-order chi connectivity index (χ1) is 11.4. The van der Waals surface area contributed by atoms with E-state index in [-0.39, 0.29) is 23.3 Å². The van der Waals surface area contributed by atoms with Crippen molar-refractivity contribution in [1.82, 2.24) is 14.7 Å². The van der Waals surface area contributed by atoms with Crippen LogP contribution >= 0.6 is 0 Å². The maximum Gasteiger partial charge on any atom is 0.289 e. The molecule has 6 nitrogen and oxygen atoms in total. The van der Waals surface area contributed by atoms with Gasteiger partial charge in [-0.05, 0) is 56.8 Å². The number of rotatable bonds is 2. The van der Waals surface area contributed by atoms with Crippen LogP contribution in [-0.2, 0) is 4.79 Å². The van der Waals surface area contributed by atoms with E-state index in [1.807, 2.05) is 26.0 Å². The van der Waals surface area contributed by atoms with Crippen LogP contribution < -0.4 is 0 Å². The van der Waals surface area contributed by atoms with Gasteiger partial charge in [0.2, 0.25) is 5.91 Å². The van der Waals surface area contributed by atoms with E-state index in [4.69, 9.17) is 4.42 Å². The van der Waals surface area contributed by atoms with Gasteiger partial charge in [0.1, 0.15) is 0 Å². The lowest BCUT2D eigenvalue weighted by Gasteiger charge is -2.52. The highest BCUT2D eigenvalue weighted by molar-refractivity contribution is 5.91. The minimum absolute atomic E-state index is 0.0195. The molecule has 2 amide bonds. The smallest absolute Gasteiger partial charge is 0.289 e. The Bertz CT molecular complexity index is 589. The summed E-state index contributed by atoms with van der Waals surface area (Å²) in [5, 5.41) is 0. The van der Waals surface area contributed by atoms with Crippen LogP contribution in [0.4, 0.5) is 0 Å². The summed E-state index contributed by atoms with van der Waals surface area (Å²) < 4.78 is 5.23. The Hall–Kier alpha value is -1.82. The highest BCUT2D eigenvalue weighted by Gasteiger charge is 2.49. The topological polar surface area (TPSA) is 57.0 Å². The molecule has 2 fully saturated rings. The predicted octanol–water partition coefficient (Wildman–Crippen LogP) is 1.68. The first kappa shape index (κ1) is 17.0. The second-order valence-electron chi connectivity index (χ2n) is 7.35. The van der Waals surface area contributed by atoms with Crippen LogP contribution in [0, 0.1) is 5.41 Å². The predicted molar refractivity (Wildman–Crippen MR) is 90.6 cm³/mol. The van der Waals surface area contributed by atoms with E-state index in [1.54, 1.807) is 17.0 Å². The van der Waals surface area contributed by atoms with Crippen molar-refractivity contribution in [2.45, 2.75) is 31.7 Å². The Balaban J connectivity index is 1.74. The number of carbonyl (C=O) groups excluding carboxylic acids is 2. The first-order valence-corrected chi connectivity index (χ1v) is 8.69. The zero-order valence-electron chi connectivity index (χ0n) is 14.8. The number of likely N-dealkylation sites (N-methyl/N-ethyl adjacent to an activating group) is 2. The number of nitrogens with zero attached hydrogens (tertiary/aromatic N) is 3. The third-order valence-corrected chi connectivity index (χ3v) is 5.66. The van der Waals surface area contributed by atoms with Gasteiger partial charge >= 0.3 is 0 Å². The van der Waals surface area contributed by atoms with Gasteiger partial charge in [0.25, 0.3) is 5.91 Å². The van der Waals surface area contributed by atoms with Gasteiger partial charge < -0.3 is 14.2 Å². The molecule has 2 aliphatic heterocycles. The summed E-state index contributed by atoms with van der Waals surface area (Å²) >= 11 is 0. The second kappa shape index (κ2) is 6.59. The fourth-order valence-electron chi connectivity index (χ4n) is 4.34. The van der Waals surface area contributed by atoms with Gasteiger partial charge in [-0.2, -0.15) is 0 Å². The highest BCUT2D eigenvalue weighted by atomic mass is 16.3. The second-order valence-corrected chi connectivity index (χ2v) is 7.35. The minimum Gasteiger partial charge on any atom is -0.459 e. The maximum atomic E-state index is 12.8. The molecule has 1 spiro atoms. The van der Waals surface area contributed by atoms with Gasteiger partial charge in [-0.25, -0.2) is 0 Å². The first-order valence-electron chi connectivity index (χ1n) is 8.69. The molecule has 3 heterocycles. The van der Waals surface area contributed by atoms with Crippen LogP contribution in [0.2, 0.25) is 0 Å². The van der Waals surface area contributed by atoms with Gasteiger partial charge in [0.05, 0.1) is 12.3 Å².